The molecule has 1 N–H and O–H groups in total. The highest BCUT2D eigenvalue weighted by Crippen LogP contribution is 2.48. The summed E-state index contributed by atoms with van der Waals surface area (Å²) in [5.41, 5.74) is 7.58. The Morgan fingerprint density at radius 1 is 0.837 bits per heavy atom. The van der Waals surface area contributed by atoms with Gasteiger partial charge in [-0.05, 0) is 75.4 Å². The zero-order chi connectivity index (χ0) is 29.6. The van der Waals surface area contributed by atoms with Crippen LogP contribution in [0.2, 0.25) is 0 Å². The Hall–Kier alpha value is -3.88. The van der Waals surface area contributed by atoms with Crippen LogP contribution in [-0.4, -0.2) is 39.9 Å². The van der Waals surface area contributed by atoms with Gasteiger partial charge in [-0.1, -0.05) is 84.9 Å². The maximum atomic E-state index is 13.5. The molecular weight excluding hydrogens is 581 g/mol. The van der Waals surface area contributed by atoms with Crippen LogP contribution in [-0.2, 0) is 27.3 Å². The summed E-state index contributed by atoms with van der Waals surface area (Å²) >= 11 is 3.75. The third-order valence-electron chi connectivity index (χ3n) is 7.72. The molecule has 0 radical (unpaired) electrons. The fourth-order valence-corrected chi connectivity index (χ4v) is 9.02. The minimum Gasteiger partial charge on any atom is -0.482 e. The minimum absolute atomic E-state index is 0.105. The number of benzene rings is 4. The van der Waals surface area contributed by atoms with Crippen LogP contribution >= 0.6 is 23.5 Å². The first-order valence-electron chi connectivity index (χ1n) is 14.3. The summed E-state index contributed by atoms with van der Waals surface area (Å²) in [6, 6.07) is 31.7. The van der Waals surface area contributed by atoms with Crippen molar-refractivity contribution in [2.45, 2.75) is 36.1 Å². The van der Waals surface area contributed by atoms with Gasteiger partial charge in [0.2, 0.25) is 0 Å². The van der Waals surface area contributed by atoms with Crippen LogP contribution in [0.1, 0.15) is 46.3 Å². The number of fused-ring (bicyclic) bond motifs is 3. The average Bonchev–Trinajstić information content (AvgIpc) is 3.43. The molecular formula is C35H32O6S2. The van der Waals surface area contributed by atoms with E-state index in [4.69, 9.17) is 19.3 Å². The molecule has 4 aromatic rings. The zero-order valence-corrected chi connectivity index (χ0v) is 25.2. The predicted molar refractivity (Wildman–Crippen MR) is 171 cm³/mol. The first-order valence-corrected chi connectivity index (χ1v) is 16.4. The van der Waals surface area contributed by atoms with Crippen molar-refractivity contribution in [1.82, 2.24) is 0 Å². The zero-order valence-electron chi connectivity index (χ0n) is 23.5. The lowest BCUT2D eigenvalue weighted by atomic mass is 9.90. The summed E-state index contributed by atoms with van der Waals surface area (Å²) < 4.78 is 17.7. The molecule has 1 aliphatic carbocycles. The number of hydrogen-bond acceptors (Lipinski definition) is 7. The number of carboxylic acid groups (broad SMARTS) is 1. The fourth-order valence-electron chi connectivity index (χ4n) is 5.77. The van der Waals surface area contributed by atoms with Gasteiger partial charge in [-0.25, -0.2) is 9.59 Å². The Labute approximate surface area is 259 Å². The fraction of sp³-hybridized carbons (Fsp3) is 0.257. The molecule has 0 bridgehead atoms. The number of hydrogen-bond donors (Lipinski definition) is 1. The molecule has 2 atom stereocenters. The van der Waals surface area contributed by atoms with Gasteiger partial charge < -0.3 is 19.3 Å². The van der Waals surface area contributed by atoms with Gasteiger partial charge in [-0.2, -0.15) is 0 Å². The second-order valence-electron chi connectivity index (χ2n) is 10.5. The summed E-state index contributed by atoms with van der Waals surface area (Å²) in [5.74, 6) is 1.23. The van der Waals surface area contributed by atoms with Crippen molar-refractivity contribution in [2.75, 3.05) is 18.1 Å². The number of rotatable bonds is 10. The van der Waals surface area contributed by atoms with Crippen molar-refractivity contribution in [3.63, 3.8) is 0 Å². The molecule has 1 aliphatic heterocycles. The number of ether oxygens (including phenoxy) is 3. The summed E-state index contributed by atoms with van der Waals surface area (Å²) in [6.45, 7) is -0.355. The van der Waals surface area contributed by atoms with Crippen LogP contribution in [0.4, 0.5) is 4.79 Å². The summed E-state index contributed by atoms with van der Waals surface area (Å²) in [7, 11) is 0. The van der Waals surface area contributed by atoms with Crippen molar-refractivity contribution in [2.24, 2.45) is 0 Å². The second kappa shape index (κ2) is 13.6. The van der Waals surface area contributed by atoms with E-state index >= 15 is 0 Å². The van der Waals surface area contributed by atoms with Gasteiger partial charge in [0.15, 0.2) is 6.61 Å². The van der Waals surface area contributed by atoms with Gasteiger partial charge in [0.05, 0.1) is 4.58 Å². The van der Waals surface area contributed by atoms with E-state index in [2.05, 4.69) is 30.3 Å². The molecule has 0 saturated carbocycles. The summed E-state index contributed by atoms with van der Waals surface area (Å²) in [5, 5.41) is 9.13. The molecule has 4 aromatic carbocycles. The summed E-state index contributed by atoms with van der Waals surface area (Å²) in [6.07, 6.45) is 0.502. The van der Waals surface area contributed by atoms with E-state index in [9.17, 15) is 9.59 Å². The van der Waals surface area contributed by atoms with E-state index in [-0.39, 0.29) is 17.1 Å². The van der Waals surface area contributed by atoms with E-state index in [1.54, 1.807) is 18.2 Å². The lowest BCUT2D eigenvalue weighted by Crippen LogP contribution is -2.27. The van der Waals surface area contributed by atoms with Crippen LogP contribution < -0.4 is 4.74 Å². The second-order valence-corrected chi connectivity index (χ2v) is 13.3. The molecule has 1 heterocycles. The highest BCUT2D eigenvalue weighted by Gasteiger charge is 2.37. The number of thioether (sulfide) groups is 2. The lowest BCUT2D eigenvalue weighted by Gasteiger charge is -2.35. The van der Waals surface area contributed by atoms with Gasteiger partial charge in [0, 0.05) is 5.92 Å². The first-order chi connectivity index (χ1) is 21.1. The molecule has 6 nitrogen and oxygen atoms in total. The molecule has 0 spiro atoms. The molecule has 2 unspecified atom stereocenters. The van der Waals surface area contributed by atoms with E-state index in [0.29, 0.717) is 5.75 Å². The van der Waals surface area contributed by atoms with Crippen molar-refractivity contribution in [3.05, 3.63) is 125 Å². The molecule has 43 heavy (non-hydrogen) atoms. The number of carbonyl (C=O) groups is 2. The highest BCUT2D eigenvalue weighted by atomic mass is 32.2. The molecule has 2 aliphatic rings. The maximum absolute atomic E-state index is 13.5. The highest BCUT2D eigenvalue weighted by molar-refractivity contribution is 8.17. The quantitative estimate of drug-likeness (QED) is 0.159. The van der Waals surface area contributed by atoms with Crippen LogP contribution in [0.3, 0.4) is 0 Å². The Bertz CT molecular complexity index is 1580. The van der Waals surface area contributed by atoms with Gasteiger partial charge in [0.1, 0.15) is 18.5 Å². The van der Waals surface area contributed by atoms with Crippen molar-refractivity contribution in [3.8, 4) is 16.9 Å². The molecule has 0 amide bonds. The van der Waals surface area contributed by atoms with Crippen LogP contribution in [0, 0.1) is 0 Å². The van der Waals surface area contributed by atoms with E-state index in [0.717, 1.165) is 41.0 Å². The number of aliphatic carboxylic acids is 1. The molecule has 1 saturated heterocycles. The maximum Gasteiger partial charge on any atom is 0.509 e. The molecule has 220 valence electrons. The Balaban J connectivity index is 1.27. The Morgan fingerprint density at radius 3 is 2.37 bits per heavy atom. The number of carboxylic acids is 1. The van der Waals surface area contributed by atoms with Gasteiger partial charge in [-0.3, -0.25) is 0 Å². The van der Waals surface area contributed by atoms with Crippen molar-refractivity contribution >= 4 is 35.6 Å². The normalized spacial score (nSPS) is 15.5. The Kier molecular flexibility index (Phi) is 9.24. The lowest BCUT2D eigenvalue weighted by molar-refractivity contribution is -0.139. The molecule has 8 heteroatoms. The van der Waals surface area contributed by atoms with Gasteiger partial charge in [0.25, 0.3) is 0 Å². The van der Waals surface area contributed by atoms with Crippen LogP contribution in [0.5, 0.6) is 5.75 Å². The first kappa shape index (κ1) is 29.2. The Morgan fingerprint density at radius 2 is 1.56 bits per heavy atom. The topological polar surface area (TPSA) is 82.1 Å². The van der Waals surface area contributed by atoms with Crippen molar-refractivity contribution in [1.29, 1.82) is 0 Å². The molecule has 6 rings (SSSR count). The summed E-state index contributed by atoms with van der Waals surface area (Å²) in [4.78, 5) is 24.6. The van der Waals surface area contributed by atoms with Crippen molar-refractivity contribution < 1.29 is 28.9 Å². The minimum atomic E-state index is -1.06. The van der Waals surface area contributed by atoms with E-state index in [1.165, 1.54) is 22.3 Å². The van der Waals surface area contributed by atoms with Crippen LogP contribution in [0.15, 0.2) is 97.1 Å². The van der Waals surface area contributed by atoms with E-state index < -0.39 is 24.8 Å². The average molecular weight is 613 g/mol. The molecule has 1 fully saturated rings. The monoisotopic (exact) mass is 612 g/mol. The molecule has 0 aromatic heterocycles. The van der Waals surface area contributed by atoms with Gasteiger partial charge >= 0.3 is 12.1 Å². The van der Waals surface area contributed by atoms with E-state index in [1.807, 2.05) is 72.1 Å². The van der Waals surface area contributed by atoms with Crippen LogP contribution in [0.25, 0.3) is 11.1 Å². The standard InChI is InChI=1S/C35H32O6S2/c36-31(37)22-39-27-14-6-12-25(19-27)33(32(23-9-2-1-3-10-23)34-42-17-8-18-43-34)41-35(38)40-21-26-13-7-16-29-28-15-5-4-11-24(28)20-30(26)29/h1-7,9-16,19,32-34H,8,17-18,20-22H2,(H,36,37). The third-order valence-corrected chi connectivity index (χ3v) is 10.8. The predicted octanol–water partition coefficient (Wildman–Crippen LogP) is 8.10. The third kappa shape index (κ3) is 6.86. The smallest absolute Gasteiger partial charge is 0.482 e. The largest absolute Gasteiger partial charge is 0.509 e. The number of carbonyl (C=O) groups excluding carboxylic acids is 1. The SMILES string of the molecule is O=C(O)COc1cccc(C(OC(=O)OCc2cccc3c2Cc2ccccc2-3)C(c2ccccc2)C2SCCCS2)c1. The van der Waals surface area contributed by atoms with Gasteiger partial charge in [-0.15, -0.1) is 23.5 Å².